The fourth-order valence-electron chi connectivity index (χ4n) is 2.52. The molecule has 0 saturated carbocycles. The Morgan fingerprint density at radius 3 is 2.86 bits per heavy atom. The van der Waals surface area contributed by atoms with E-state index in [-0.39, 0.29) is 24.0 Å². The zero-order chi connectivity index (χ0) is 19.8. The first-order valence-electron chi connectivity index (χ1n) is 10.4. The highest BCUT2D eigenvalue weighted by atomic mass is 16.3. The van der Waals surface area contributed by atoms with Crippen LogP contribution >= 0.6 is 0 Å². The molecule has 3 atom stereocenters. The van der Waals surface area contributed by atoms with Crippen molar-refractivity contribution in [2.45, 2.75) is 71.2 Å². The van der Waals surface area contributed by atoms with Gasteiger partial charge >= 0.3 is 0 Å². The van der Waals surface area contributed by atoms with E-state index in [2.05, 4.69) is 6.92 Å². The Morgan fingerprint density at radius 2 is 2.14 bits per heavy atom. The Balaban J connectivity index is 2.64. The van der Waals surface area contributed by atoms with E-state index < -0.39 is 18.8 Å². The average molecular weight is 308 g/mol. The van der Waals surface area contributed by atoms with Crippen LogP contribution in [0.5, 0.6) is 0 Å². The lowest BCUT2D eigenvalue weighted by Gasteiger charge is -2.13. The summed E-state index contributed by atoms with van der Waals surface area (Å²) in [5.41, 5.74) is 0. The molecule has 124 valence electrons. The molecule has 0 saturated heterocycles. The number of rotatable bonds is 11. The van der Waals surface area contributed by atoms with E-state index in [9.17, 15) is 9.90 Å². The van der Waals surface area contributed by atoms with Crippen molar-refractivity contribution in [3.63, 3.8) is 0 Å². The normalized spacial score (nSPS) is 27.1. The van der Waals surface area contributed by atoms with Gasteiger partial charge in [-0.1, -0.05) is 76.3 Å². The molecule has 0 fully saturated rings. The first-order valence-corrected chi connectivity index (χ1v) is 8.40. The molecule has 2 nitrogen and oxygen atoms in total. The first kappa shape index (κ1) is 13.3. The number of ketones is 1. The summed E-state index contributed by atoms with van der Waals surface area (Å²) >= 11 is 0. The van der Waals surface area contributed by atoms with E-state index in [1.807, 2.05) is 12.2 Å². The molecule has 0 amide bonds. The zero-order valence-corrected chi connectivity index (χ0v) is 13.8. The summed E-state index contributed by atoms with van der Waals surface area (Å²) in [6, 6.07) is 0. The third-order valence-electron chi connectivity index (χ3n) is 3.84. The van der Waals surface area contributed by atoms with Crippen molar-refractivity contribution in [2.24, 2.45) is 11.8 Å². The van der Waals surface area contributed by atoms with Crippen LogP contribution in [0.25, 0.3) is 0 Å². The minimum Gasteiger partial charge on any atom is -0.389 e. The Bertz CT molecular complexity index is 538. The van der Waals surface area contributed by atoms with Gasteiger partial charge in [-0.25, -0.2) is 0 Å². The maximum absolute atomic E-state index is 12.1. The highest BCUT2D eigenvalue weighted by molar-refractivity contribution is 5.95. The topological polar surface area (TPSA) is 37.3 Å². The van der Waals surface area contributed by atoms with Crippen LogP contribution in [0.2, 0.25) is 0 Å². The first-order chi connectivity index (χ1) is 12.1. The number of carbonyl (C=O) groups excluding carboxylic acids is 1. The molecule has 0 aromatic heterocycles. The minimum atomic E-state index is -2.07. The highest BCUT2D eigenvalue weighted by Crippen LogP contribution is 2.27. The SMILES string of the molecule is [2H]C([2H])(/C=C\C[C@H]1C(=O)C=C[C@@H]1/C=C/[C@@H](O)CCCCC)C([2H])([2H])CC. The lowest BCUT2D eigenvalue weighted by Crippen LogP contribution is -2.14. The summed E-state index contributed by atoms with van der Waals surface area (Å²) in [6.07, 6.45) is 9.56. The van der Waals surface area contributed by atoms with Crippen molar-refractivity contribution in [2.75, 3.05) is 0 Å². The molecule has 0 aromatic rings. The van der Waals surface area contributed by atoms with Crippen molar-refractivity contribution in [3.8, 4) is 0 Å². The summed E-state index contributed by atoms with van der Waals surface area (Å²) < 4.78 is 31.3. The molecule has 1 aliphatic carbocycles. The molecule has 0 aromatic carbocycles. The van der Waals surface area contributed by atoms with Gasteiger partial charge in [0.1, 0.15) is 0 Å². The van der Waals surface area contributed by atoms with Gasteiger partial charge in [-0.05, 0) is 25.3 Å². The largest absolute Gasteiger partial charge is 0.389 e. The van der Waals surface area contributed by atoms with Gasteiger partial charge in [0.25, 0.3) is 0 Å². The van der Waals surface area contributed by atoms with Crippen LogP contribution in [0.15, 0.2) is 36.5 Å². The Labute approximate surface area is 141 Å². The fourth-order valence-corrected chi connectivity index (χ4v) is 2.52. The van der Waals surface area contributed by atoms with Gasteiger partial charge in [-0.15, -0.1) is 0 Å². The van der Waals surface area contributed by atoms with E-state index in [0.29, 0.717) is 12.8 Å². The summed E-state index contributed by atoms with van der Waals surface area (Å²) in [5.74, 6) is -0.431. The number of carbonyl (C=O) groups is 1. The van der Waals surface area contributed by atoms with Crippen molar-refractivity contribution in [1.82, 2.24) is 0 Å². The lowest BCUT2D eigenvalue weighted by atomic mass is 9.90. The predicted molar refractivity (Wildman–Crippen MR) is 93.7 cm³/mol. The van der Waals surface area contributed by atoms with Gasteiger partial charge in [-0.3, -0.25) is 4.79 Å². The number of aliphatic hydroxyl groups is 1. The van der Waals surface area contributed by atoms with Crippen molar-refractivity contribution >= 4 is 5.78 Å². The van der Waals surface area contributed by atoms with Gasteiger partial charge in [0.2, 0.25) is 0 Å². The number of allylic oxidation sites excluding steroid dienone is 5. The molecular weight excluding hydrogens is 272 g/mol. The number of aliphatic hydroxyl groups excluding tert-OH is 1. The second-order valence-electron chi connectivity index (χ2n) is 5.71. The molecule has 22 heavy (non-hydrogen) atoms. The number of hydrogen-bond donors (Lipinski definition) is 1. The van der Waals surface area contributed by atoms with Gasteiger partial charge in [-0.2, -0.15) is 0 Å². The third kappa shape index (κ3) is 7.22. The van der Waals surface area contributed by atoms with Crippen LogP contribution in [0.4, 0.5) is 0 Å². The maximum atomic E-state index is 12.1. The molecule has 1 rings (SSSR count). The van der Waals surface area contributed by atoms with E-state index in [1.165, 1.54) is 12.2 Å². The quantitative estimate of drug-likeness (QED) is 0.431. The second kappa shape index (κ2) is 11.4. The molecule has 0 radical (unpaired) electrons. The smallest absolute Gasteiger partial charge is 0.159 e. The van der Waals surface area contributed by atoms with Crippen molar-refractivity contribution < 1.29 is 15.4 Å². The summed E-state index contributed by atoms with van der Waals surface area (Å²) in [7, 11) is 0. The Kier molecular flexibility index (Phi) is 6.91. The third-order valence-corrected chi connectivity index (χ3v) is 3.84. The Hall–Kier alpha value is -1.15. The van der Waals surface area contributed by atoms with Gasteiger partial charge in [0.05, 0.1) is 6.10 Å². The lowest BCUT2D eigenvalue weighted by molar-refractivity contribution is -0.117. The zero-order valence-electron chi connectivity index (χ0n) is 17.8. The summed E-state index contributed by atoms with van der Waals surface area (Å²) in [5, 5.41) is 9.99. The average Bonchev–Trinajstić information content (AvgIpc) is 2.93. The maximum Gasteiger partial charge on any atom is 0.159 e. The van der Waals surface area contributed by atoms with E-state index >= 15 is 0 Å². The minimum absolute atomic E-state index is 0.0103. The summed E-state index contributed by atoms with van der Waals surface area (Å²) in [4.78, 5) is 12.1. The second-order valence-corrected chi connectivity index (χ2v) is 5.71. The number of hydrogen-bond acceptors (Lipinski definition) is 2. The molecule has 0 unspecified atom stereocenters. The molecular formula is C20H32O2. The molecule has 0 heterocycles. The molecule has 0 spiro atoms. The van der Waals surface area contributed by atoms with Gasteiger partial charge in [0.15, 0.2) is 5.78 Å². The van der Waals surface area contributed by atoms with Gasteiger partial charge < -0.3 is 5.11 Å². The summed E-state index contributed by atoms with van der Waals surface area (Å²) in [6.45, 7) is 3.73. The Morgan fingerprint density at radius 1 is 1.32 bits per heavy atom. The molecule has 1 aliphatic rings. The van der Waals surface area contributed by atoms with Crippen LogP contribution in [0, 0.1) is 11.8 Å². The fraction of sp³-hybridized carbons (Fsp3) is 0.650. The van der Waals surface area contributed by atoms with Crippen LogP contribution in [-0.4, -0.2) is 17.0 Å². The highest BCUT2D eigenvalue weighted by Gasteiger charge is 2.27. The number of unbranched alkanes of at least 4 members (excludes halogenated alkanes) is 2. The van der Waals surface area contributed by atoms with E-state index in [4.69, 9.17) is 5.48 Å². The van der Waals surface area contributed by atoms with E-state index in [0.717, 1.165) is 19.3 Å². The van der Waals surface area contributed by atoms with Crippen molar-refractivity contribution in [1.29, 1.82) is 0 Å². The van der Waals surface area contributed by atoms with Crippen LogP contribution < -0.4 is 0 Å². The van der Waals surface area contributed by atoms with Crippen LogP contribution in [-0.2, 0) is 4.79 Å². The monoisotopic (exact) mass is 308 g/mol. The molecule has 0 bridgehead atoms. The molecule has 1 N–H and O–H groups in total. The molecule has 2 heteroatoms. The standard InChI is InChI=1S/C20H32O2/c1-3-5-7-8-10-12-19-17(14-16-20(19)22)13-15-18(21)11-9-6-4-2/h8,10,13-19,21H,3-7,9,11-12H2,1-2H3/b10-8-,15-13+/t17-,18-,19+/m0/s1/i5D2,7D2. The van der Waals surface area contributed by atoms with Gasteiger partial charge in [0, 0.05) is 17.3 Å². The molecule has 0 aliphatic heterocycles. The van der Waals surface area contributed by atoms with E-state index in [1.54, 1.807) is 19.1 Å². The van der Waals surface area contributed by atoms with Crippen LogP contribution in [0.1, 0.15) is 70.6 Å². The van der Waals surface area contributed by atoms with Crippen LogP contribution in [0.3, 0.4) is 0 Å². The van der Waals surface area contributed by atoms with Crippen molar-refractivity contribution in [3.05, 3.63) is 36.5 Å². The predicted octanol–water partition coefficient (Wildman–Crippen LogP) is 4.99.